The van der Waals surface area contributed by atoms with Crippen LogP contribution < -0.4 is 10.1 Å². The first kappa shape index (κ1) is 14.3. The van der Waals surface area contributed by atoms with Crippen molar-refractivity contribution in [1.29, 1.82) is 0 Å². The second-order valence-corrected chi connectivity index (χ2v) is 5.28. The second kappa shape index (κ2) is 5.48. The normalized spacial score (nSPS) is 10.4. The van der Waals surface area contributed by atoms with Crippen LogP contribution in [0.1, 0.15) is 10.4 Å². The molecule has 0 bridgehead atoms. The van der Waals surface area contributed by atoms with Gasteiger partial charge in [0.2, 0.25) is 4.74 Å². The lowest BCUT2D eigenvalue weighted by atomic mass is 10.1. The van der Waals surface area contributed by atoms with E-state index in [0.29, 0.717) is 9.72 Å². The quantitative estimate of drug-likeness (QED) is 0.795. The highest BCUT2D eigenvalue weighted by molar-refractivity contribution is 7.16. The second-order valence-electron chi connectivity index (χ2n) is 3.83. The van der Waals surface area contributed by atoms with Gasteiger partial charge in [0.1, 0.15) is 17.9 Å². The highest BCUT2D eigenvalue weighted by Gasteiger charge is 2.19. The molecule has 2 rings (SSSR count). The molecule has 1 amide bonds. The van der Waals surface area contributed by atoms with Gasteiger partial charge >= 0.3 is 5.97 Å². The summed E-state index contributed by atoms with van der Waals surface area (Å²) in [4.78, 5) is 34.0. The third-order valence-electron chi connectivity index (χ3n) is 2.47. The molecule has 0 atom stereocenters. The number of benzene rings is 1. The number of carbonyl (C=O) groups excluding carboxylic acids is 1. The highest BCUT2D eigenvalue weighted by atomic mass is 35.5. The van der Waals surface area contributed by atoms with Crippen molar-refractivity contribution >= 4 is 44.9 Å². The predicted molar refractivity (Wildman–Crippen MR) is 74.7 cm³/mol. The molecule has 20 heavy (non-hydrogen) atoms. The van der Waals surface area contributed by atoms with Crippen molar-refractivity contribution < 1.29 is 19.8 Å². The molecule has 2 aromatic rings. The van der Waals surface area contributed by atoms with Crippen LogP contribution in [0.25, 0.3) is 10.1 Å². The lowest BCUT2D eigenvalue weighted by molar-refractivity contribution is -0.135. The van der Waals surface area contributed by atoms with E-state index in [2.05, 4.69) is 0 Å². The first-order valence-electron chi connectivity index (χ1n) is 5.35. The van der Waals surface area contributed by atoms with E-state index in [0.717, 1.165) is 11.3 Å². The van der Waals surface area contributed by atoms with E-state index in [1.807, 2.05) is 5.32 Å². The number of aliphatic carboxylic acids is 1. The van der Waals surface area contributed by atoms with Crippen molar-refractivity contribution in [3.05, 3.63) is 38.3 Å². The van der Waals surface area contributed by atoms with Crippen LogP contribution in [0, 0.1) is 0 Å². The average molecular weight is 314 g/mol. The molecule has 0 spiro atoms. The number of hydrogen-bond acceptors (Lipinski definition) is 5. The Morgan fingerprint density at radius 1 is 1.35 bits per heavy atom. The van der Waals surface area contributed by atoms with Gasteiger partial charge in [-0.15, -0.1) is 0 Å². The molecule has 1 heterocycles. The Balaban J connectivity index is 2.56. The van der Waals surface area contributed by atoms with Gasteiger partial charge in [0.25, 0.3) is 5.91 Å². The number of carbonyl (C=O) groups is 2. The molecule has 1 aromatic carbocycles. The molecule has 8 heteroatoms. The first-order chi connectivity index (χ1) is 9.40. The smallest absolute Gasteiger partial charge is 0.322 e. The van der Waals surface area contributed by atoms with Crippen molar-refractivity contribution in [2.24, 2.45) is 0 Å². The predicted octanol–water partition coefficient (Wildman–Crippen LogP) is 1.43. The van der Waals surface area contributed by atoms with E-state index in [9.17, 15) is 19.5 Å². The molecule has 0 saturated carbocycles. The number of aromatic hydroxyl groups is 1. The van der Waals surface area contributed by atoms with Gasteiger partial charge in [-0.2, -0.15) is 0 Å². The highest BCUT2D eigenvalue weighted by Crippen LogP contribution is 2.30. The Labute approximate surface area is 121 Å². The van der Waals surface area contributed by atoms with Gasteiger partial charge in [-0.25, -0.2) is 0 Å². The lowest BCUT2D eigenvalue weighted by Crippen LogP contribution is -2.32. The largest absolute Gasteiger partial charge is 0.506 e. The number of nitrogens with one attached hydrogen (secondary N) is 1. The van der Waals surface area contributed by atoms with Crippen molar-refractivity contribution in [2.45, 2.75) is 0 Å². The molecule has 0 unspecified atom stereocenters. The fourth-order valence-electron chi connectivity index (χ4n) is 1.60. The van der Waals surface area contributed by atoms with Gasteiger partial charge in [-0.05, 0) is 18.2 Å². The van der Waals surface area contributed by atoms with E-state index >= 15 is 0 Å². The van der Waals surface area contributed by atoms with Crippen LogP contribution in [-0.4, -0.2) is 28.6 Å². The van der Waals surface area contributed by atoms with E-state index in [1.54, 1.807) is 12.1 Å². The van der Waals surface area contributed by atoms with Crippen LogP contribution in [0.2, 0.25) is 5.02 Å². The molecule has 3 N–H and O–H groups in total. The summed E-state index contributed by atoms with van der Waals surface area (Å²) in [6, 6.07) is 4.54. The van der Waals surface area contributed by atoms with Crippen LogP contribution in [0.5, 0.6) is 5.75 Å². The minimum atomic E-state index is -1.25. The maximum atomic E-state index is 11.8. The van der Waals surface area contributed by atoms with E-state index in [1.165, 1.54) is 6.07 Å². The van der Waals surface area contributed by atoms with E-state index < -0.39 is 34.5 Å². The molecule has 6 nitrogen and oxygen atoms in total. The van der Waals surface area contributed by atoms with Crippen molar-refractivity contribution in [3.63, 3.8) is 0 Å². The zero-order valence-electron chi connectivity index (χ0n) is 9.84. The fourth-order valence-corrected chi connectivity index (χ4v) is 2.67. The van der Waals surface area contributed by atoms with Crippen LogP contribution >= 0.6 is 22.9 Å². The van der Waals surface area contributed by atoms with Gasteiger partial charge in [0, 0.05) is 15.1 Å². The number of fused-ring (bicyclic) bond motifs is 1. The van der Waals surface area contributed by atoms with Crippen molar-refractivity contribution in [3.8, 4) is 5.75 Å². The zero-order valence-corrected chi connectivity index (χ0v) is 11.4. The third kappa shape index (κ3) is 2.73. The molecule has 0 aliphatic rings. The van der Waals surface area contributed by atoms with Crippen molar-refractivity contribution in [1.82, 2.24) is 5.32 Å². The van der Waals surface area contributed by atoms with Gasteiger partial charge in [0.05, 0.1) is 0 Å². The summed E-state index contributed by atoms with van der Waals surface area (Å²) in [7, 11) is 0. The molecule has 0 fully saturated rings. The summed E-state index contributed by atoms with van der Waals surface area (Å²) < 4.78 is -0.174. The molecule has 0 saturated heterocycles. The molecular formula is C12H8ClNO5S. The number of carboxylic acids is 1. The topological polar surface area (TPSA) is 104 Å². The van der Waals surface area contributed by atoms with Gasteiger partial charge in [-0.3, -0.25) is 14.4 Å². The molecule has 0 aliphatic carbocycles. The fraction of sp³-hybridized carbons (Fsp3) is 0.0833. The monoisotopic (exact) mass is 313 g/mol. The number of hydrogen-bond donors (Lipinski definition) is 3. The number of carboxylic acid groups (broad SMARTS) is 1. The Bertz CT molecular complexity index is 770. The van der Waals surface area contributed by atoms with Gasteiger partial charge in [-0.1, -0.05) is 22.9 Å². The van der Waals surface area contributed by atoms with Crippen molar-refractivity contribution in [2.75, 3.05) is 6.54 Å². The Morgan fingerprint density at radius 2 is 2.05 bits per heavy atom. The Hall–Kier alpha value is -2.12. The van der Waals surface area contributed by atoms with Crippen LogP contribution in [-0.2, 0) is 4.79 Å². The molecular weight excluding hydrogens is 306 g/mol. The van der Waals surface area contributed by atoms with E-state index in [4.69, 9.17) is 16.7 Å². The first-order valence-corrected chi connectivity index (χ1v) is 6.55. The lowest BCUT2D eigenvalue weighted by Gasteiger charge is -2.06. The summed E-state index contributed by atoms with van der Waals surface area (Å²) in [6.45, 7) is -0.643. The molecule has 0 radical (unpaired) electrons. The Kier molecular flexibility index (Phi) is 3.91. The average Bonchev–Trinajstić information content (AvgIpc) is 2.37. The minimum Gasteiger partial charge on any atom is -0.506 e. The maximum Gasteiger partial charge on any atom is 0.322 e. The number of rotatable bonds is 3. The van der Waals surface area contributed by atoms with Gasteiger partial charge in [0.15, 0.2) is 0 Å². The van der Waals surface area contributed by atoms with Crippen LogP contribution in [0.3, 0.4) is 0 Å². The standard InChI is InChI=1S/C12H8ClNO5S/c13-5-1-2-7-6(3-5)10(17)9(12(19)20-7)11(18)14-4-8(15)16/h1-3,17H,4H2,(H,14,18)(H,15,16). The zero-order chi connectivity index (χ0) is 14.9. The van der Waals surface area contributed by atoms with Gasteiger partial charge < -0.3 is 15.5 Å². The summed E-state index contributed by atoms with van der Waals surface area (Å²) in [5.41, 5.74) is -0.481. The molecule has 0 aliphatic heterocycles. The number of amides is 1. The molecule has 104 valence electrons. The summed E-state index contributed by atoms with van der Waals surface area (Å²) in [6.07, 6.45) is 0. The van der Waals surface area contributed by atoms with E-state index in [-0.39, 0.29) is 5.39 Å². The summed E-state index contributed by atoms with van der Waals surface area (Å²) >= 11 is 6.57. The third-order valence-corrected chi connectivity index (χ3v) is 3.67. The molecule has 1 aromatic heterocycles. The minimum absolute atomic E-state index is 0.266. The Morgan fingerprint density at radius 3 is 2.70 bits per heavy atom. The maximum absolute atomic E-state index is 11.8. The number of halogens is 1. The van der Waals surface area contributed by atoms with Crippen LogP contribution in [0.4, 0.5) is 0 Å². The SMILES string of the molecule is O=C(O)CNC(=O)c1c(O)c2cc(Cl)ccc2sc1=O. The van der Waals surface area contributed by atoms with Crippen LogP contribution in [0.15, 0.2) is 23.0 Å². The summed E-state index contributed by atoms with van der Waals surface area (Å²) in [5.74, 6) is -2.69. The summed E-state index contributed by atoms with van der Waals surface area (Å²) in [5, 5.41) is 21.2.